The van der Waals surface area contributed by atoms with Gasteiger partial charge in [0.05, 0.1) is 25.4 Å². The van der Waals surface area contributed by atoms with Gasteiger partial charge in [-0.2, -0.15) is 0 Å². The Bertz CT molecular complexity index is 1250. The van der Waals surface area contributed by atoms with E-state index in [2.05, 4.69) is 15.3 Å². The highest BCUT2D eigenvalue weighted by Gasteiger charge is 2.35. The summed E-state index contributed by atoms with van der Waals surface area (Å²) in [6.07, 6.45) is -6.29. The van der Waals surface area contributed by atoms with Crippen molar-refractivity contribution < 1.29 is 51.3 Å². The minimum absolute atomic E-state index is 0.102. The lowest BCUT2D eigenvalue weighted by molar-refractivity contribution is -0.678. The van der Waals surface area contributed by atoms with E-state index in [0.717, 1.165) is 12.1 Å². The first-order valence-corrected chi connectivity index (χ1v) is 10.9. The second-order valence-corrected chi connectivity index (χ2v) is 7.86. The molecule has 0 bridgehead atoms. The van der Waals surface area contributed by atoms with E-state index in [1.54, 1.807) is 24.3 Å². The predicted molar refractivity (Wildman–Crippen MR) is 116 cm³/mol. The summed E-state index contributed by atoms with van der Waals surface area (Å²) < 4.78 is 57.3. The lowest BCUT2D eigenvalue weighted by Crippen LogP contribution is -2.50. The van der Waals surface area contributed by atoms with Crippen molar-refractivity contribution in [2.75, 3.05) is 25.6 Å². The minimum atomic E-state index is -4.83. The molecule has 0 aliphatic carbocycles. The number of aromatic nitrogens is 2. The first-order chi connectivity index (χ1) is 17.6. The van der Waals surface area contributed by atoms with Gasteiger partial charge in [0.1, 0.15) is 24.1 Å². The third-order valence-corrected chi connectivity index (χ3v) is 5.36. The Balaban J connectivity index is 1.38. The van der Waals surface area contributed by atoms with Gasteiger partial charge in [-0.3, -0.25) is 9.59 Å². The maximum Gasteiger partial charge on any atom is 0.573 e. The fourth-order valence-corrected chi connectivity index (χ4v) is 3.62. The molecule has 11 nitrogen and oxygen atoms in total. The Labute approximate surface area is 207 Å². The number of benzene rings is 2. The molecule has 1 fully saturated rings. The Hall–Kier alpha value is -4.33. The Morgan fingerprint density at radius 1 is 1.19 bits per heavy atom. The van der Waals surface area contributed by atoms with Crippen LogP contribution in [0.2, 0.25) is 0 Å². The zero-order chi connectivity index (χ0) is 26.6. The molecule has 196 valence electrons. The molecular formula is C23H21F3N4O7. The summed E-state index contributed by atoms with van der Waals surface area (Å²) in [6, 6.07) is 11.2. The lowest BCUT2D eigenvalue weighted by atomic mass is 10.1. The molecule has 2 heterocycles. The molecule has 2 amide bonds. The van der Waals surface area contributed by atoms with E-state index < -0.39 is 36.0 Å². The summed E-state index contributed by atoms with van der Waals surface area (Å²) in [5.74, 6) is -1.66. The molecule has 4 rings (SSSR count). The van der Waals surface area contributed by atoms with Crippen LogP contribution < -0.4 is 24.6 Å². The second-order valence-electron chi connectivity index (χ2n) is 7.86. The molecule has 0 spiro atoms. The minimum Gasteiger partial charge on any atom is -0.539 e. The predicted octanol–water partition coefficient (Wildman–Crippen LogP) is 1.69. The van der Waals surface area contributed by atoms with E-state index in [1.165, 1.54) is 28.8 Å². The van der Waals surface area contributed by atoms with Crippen molar-refractivity contribution in [2.45, 2.75) is 25.4 Å². The van der Waals surface area contributed by atoms with Gasteiger partial charge in [-0.05, 0) is 41.1 Å². The number of morpholine rings is 1. The number of anilines is 1. The number of methoxy groups -OCH3 is 1. The molecule has 37 heavy (non-hydrogen) atoms. The van der Waals surface area contributed by atoms with E-state index in [0.29, 0.717) is 11.4 Å². The van der Waals surface area contributed by atoms with Crippen molar-refractivity contribution in [2.24, 2.45) is 0 Å². The average Bonchev–Trinajstić information content (AvgIpc) is 3.22. The molecule has 1 atom stereocenters. The molecule has 0 radical (unpaired) electrons. The summed E-state index contributed by atoms with van der Waals surface area (Å²) in [5, 5.41) is 18.5. The number of hydrogen-bond donors (Lipinski definition) is 1. The van der Waals surface area contributed by atoms with E-state index in [-0.39, 0.29) is 37.5 Å². The first kappa shape index (κ1) is 25.8. The Morgan fingerprint density at radius 2 is 1.86 bits per heavy atom. The van der Waals surface area contributed by atoms with Gasteiger partial charge in [0, 0.05) is 24.4 Å². The van der Waals surface area contributed by atoms with Gasteiger partial charge >= 0.3 is 6.36 Å². The van der Waals surface area contributed by atoms with Gasteiger partial charge in [-0.15, -0.1) is 13.2 Å². The second kappa shape index (κ2) is 10.7. The fourth-order valence-electron chi connectivity index (χ4n) is 3.62. The van der Waals surface area contributed by atoms with E-state index in [4.69, 9.17) is 14.0 Å². The molecular weight excluding hydrogens is 501 g/mol. The van der Waals surface area contributed by atoms with Gasteiger partial charge in [-0.1, -0.05) is 0 Å². The maximum atomic E-state index is 13.0. The number of nitrogens with zero attached hydrogens (tertiary/aromatic N) is 3. The number of halogens is 3. The molecule has 1 aliphatic rings. The number of rotatable bonds is 8. The molecule has 1 aromatic heterocycles. The van der Waals surface area contributed by atoms with Crippen LogP contribution in [0.25, 0.3) is 5.69 Å². The fraction of sp³-hybridized carbons (Fsp3) is 0.304. The number of alkyl halides is 3. The van der Waals surface area contributed by atoms with Gasteiger partial charge in [-0.25, -0.2) is 0 Å². The van der Waals surface area contributed by atoms with Crippen LogP contribution in [-0.4, -0.2) is 54.7 Å². The van der Waals surface area contributed by atoms with Gasteiger partial charge < -0.3 is 34.1 Å². The lowest BCUT2D eigenvalue weighted by Gasteiger charge is -2.31. The Kier molecular flexibility index (Phi) is 7.47. The molecule has 1 aliphatic heterocycles. The molecule has 0 saturated carbocycles. The molecule has 2 aromatic carbocycles. The van der Waals surface area contributed by atoms with Crippen molar-refractivity contribution in [3.05, 3.63) is 54.2 Å². The van der Waals surface area contributed by atoms with Crippen LogP contribution in [-0.2, 0) is 20.9 Å². The number of carbonyl (C=O) groups is 2. The average molecular weight is 522 g/mol. The largest absolute Gasteiger partial charge is 0.573 e. The van der Waals surface area contributed by atoms with Crippen molar-refractivity contribution >= 4 is 17.5 Å². The maximum absolute atomic E-state index is 13.0. The smallest absolute Gasteiger partial charge is 0.539 e. The van der Waals surface area contributed by atoms with Crippen LogP contribution in [0.15, 0.2) is 53.1 Å². The standard InChI is InChI=1S/C23H21F3N4O7/c1-34-16-8-4-15(5-9-16)30-18(22(33)37-28-30)13-29-10-11-35-19(21(29)32)12-20(31)27-14-2-6-17(7-3-14)36-23(24,25)26/h2-9,19H,10-13H2,1H3,(H-,27,28,31,33). The van der Waals surface area contributed by atoms with Crippen LogP contribution in [0.3, 0.4) is 0 Å². The third kappa shape index (κ3) is 6.46. The number of nitrogens with one attached hydrogen (secondary N) is 1. The number of carbonyl (C=O) groups excluding carboxylic acids is 2. The highest BCUT2D eigenvalue weighted by Crippen LogP contribution is 2.24. The number of ether oxygens (including phenoxy) is 3. The monoisotopic (exact) mass is 522 g/mol. The zero-order valence-electron chi connectivity index (χ0n) is 19.4. The van der Waals surface area contributed by atoms with Crippen LogP contribution in [0.5, 0.6) is 17.4 Å². The molecule has 1 unspecified atom stereocenters. The van der Waals surface area contributed by atoms with Crippen molar-refractivity contribution in [3.8, 4) is 23.1 Å². The van der Waals surface area contributed by atoms with Crippen LogP contribution in [0, 0.1) is 0 Å². The topological polar surface area (TPSA) is 130 Å². The molecule has 1 N–H and O–H groups in total. The molecule has 14 heteroatoms. The Morgan fingerprint density at radius 3 is 2.51 bits per heavy atom. The number of amides is 2. The zero-order valence-corrected chi connectivity index (χ0v) is 19.4. The van der Waals surface area contributed by atoms with Crippen LogP contribution in [0.1, 0.15) is 12.1 Å². The summed E-state index contributed by atoms with van der Waals surface area (Å²) in [7, 11) is 1.52. The third-order valence-electron chi connectivity index (χ3n) is 5.36. The van der Waals surface area contributed by atoms with Crippen LogP contribution >= 0.6 is 0 Å². The van der Waals surface area contributed by atoms with Crippen molar-refractivity contribution in [1.29, 1.82) is 0 Å². The van der Waals surface area contributed by atoms with Crippen molar-refractivity contribution in [1.82, 2.24) is 10.2 Å². The van der Waals surface area contributed by atoms with Crippen molar-refractivity contribution in [3.63, 3.8) is 0 Å². The van der Waals surface area contributed by atoms with E-state index >= 15 is 0 Å². The van der Waals surface area contributed by atoms with Crippen LogP contribution in [0.4, 0.5) is 18.9 Å². The first-order valence-electron chi connectivity index (χ1n) is 10.9. The van der Waals surface area contributed by atoms with E-state index in [1.807, 2.05) is 0 Å². The van der Waals surface area contributed by atoms with Gasteiger partial charge in [0.25, 0.3) is 11.6 Å². The summed E-state index contributed by atoms with van der Waals surface area (Å²) >= 11 is 0. The highest BCUT2D eigenvalue weighted by atomic mass is 19.4. The molecule has 3 aromatic rings. The summed E-state index contributed by atoms with van der Waals surface area (Å²) in [6.45, 7) is 0.162. The SMILES string of the molecule is COc1ccc(-[n+]2noc([O-])c2CN2CCOC(CC(=O)Nc3ccc(OC(F)(F)F)cc3)C2=O)cc1. The van der Waals surface area contributed by atoms with E-state index in [9.17, 15) is 27.9 Å². The quantitative estimate of drug-likeness (QED) is 0.443. The molecule has 1 saturated heterocycles. The summed E-state index contributed by atoms with van der Waals surface area (Å²) in [4.78, 5) is 26.8. The normalized spacial score (nSPS) is 15.9. The summed E-state index contributed by atoms with van der Waals surface area (Å²) in [5.41, 5.74) is 0.829. The highest BCUT2D eigenvalue weighted by molar-refractivity contribution is 5.95. The number of hydrogen-bond acceptors (Lipinski definition) is 8. The van der Waals surface area contributed by atoms with Gasteiger partial charge in [0.2, 0.25) is 11.6 Å². The van der Waals surface area contributed by atoms with Gasteiger partial charge in [0.15, 0.2) is 5.95 Å².